The average molecular weight is 381 g/mol. The van der Waals surface area contributed by atoms with E-state index in [1.54, 1.807) is 30.3 Å². The Morgan fingerprint density at radius 1 is 0.808 bits per heavy atom. The van der Waals surface area contributed by atoms with Gasteiger partial charge in [-0.1, -0.05) is 89.9 Å². The standard InChI is InChI=1S/C21H14Cl2N2O/c22-18-12-11-17(19(23)13-18)14-24-25-20(15-7-3-1-4-8-15)21(26)16-9-5-2-6-10-16/h1-14H/b24-14-,25-20-. The largest absolute Gasteiger partial charge is 0.287 e. The molecule has 0 atom stereocenters. The maximum absolute atomic E-state index is 12.9. The number of carbonyl (C=O) groups excluding carboxylic acids is 1. The van der Waals surface area contributed by atoms with Gasteiger partial charge in [-0.05, 0) is 12.1 Å². The number of hydrogen-bond acceptors (Lipinski definition) is 3. The first-order valence-corrected chi connectivity index (χ1v) is 8.62. The first kappa shape index (κ1) is 18.1. The number of ketones is 1. The number of benzene rings is 3. The van der Waals surface area contributed by atoms with Crippen molar-refractivity contribution >= 4 is 40.9 Å². The minimum atomic E-state index is -0.198. The third-order valence-electron chi connectivity index (χ3n) is 3.62. The summed E-state index contributed by atoms with van der Waals surface area (Å²) < 4.78 is 0. The predicted molar refractivity (Wildman–Crippen MR) is 108 cm³/mol. The summed E-state index contributed by atoms with van der Waals surface area (Å²) in [5.74, 6) is -0.198. The van der Waals surface area contributed by atoms with Crippen LogP contribution in [-0.4, -0.2) is 17.7 Å². The van der Waals surface area contributed by atoms with Crippen molar-refractivity contribution in [2.45, 2.75) is 0 Å². The molecular formula is C21H14Cl2N2O. The van der Waals surface area contributed by atoms with Crippen molar-refractivity contribution in [3.63, 3.8) is 0 Å². The molecule has 5 heteroatoms. The summed E-state index contributed by atoms with van der Waals surface area (Å²) in [5, 5.41) is 9.25. The molecule has 0 spiro atoms. The Morgan fingerprint density at radius 2 is 1.42 bits per heavy atom. The van der Waals surface area contributed by atoms with Crippen molar-refractivity contribution < 1.29 is 4.79 Å². The topological polar surface area (TPSA) is 41.8 Å². The molecule has 0 aliphatic carbocycles. The third-order valence-corrected chi connectivity index (χ3v) is 4.18. The third kappa shape index (κ3) is 4.45. The number of nitrogens with zero attached hydrogens (tertiary/aromatic N) is 2. The zero-order valence-corrected chi connectivity index (χ0v) is 15.2. The van der Waals surface area contributed by atoms with Crippen molar-refractivity contribution in [3.8, 4) is 0 Å². The molecule has 0 aromatic heterocycles. The van der Waals surface area contributed by atoms with Crippen LogP contribution in [0.15, 0.2) is 89.1 Å². The van der Waals surface area contributed by atoms with E-state index in [1.165, 1.54) is 6.21 Å². The first-order chi connectivity index (χ1) is 12.6. The zero-order valence-electron chi connectivity index (χ0n) is 13.6. The number of rotatable bonds is 5. The summed E-state index contributed by atoms with van der Waals surface area (Å²) in [6.45, 7) is 0. The van der Waals surface area contributed by atoms with Gasteiger partial charge in [-0.2, -0.15) is 5.10 Å². The van der Waals surface area contributed by atoms with Gasteiger partial charge in [0.25, 0.3) is 0 Å². The van der Waals surface area contributed by atoms with Gasteiger partial charge < -0.3 is 0 Å². The minimum absolute atomic E-state index is 0.198. The molecule has 0 saturated carbocycles. The maximum atomic E-state index is 12.9. The van der Waals surface area contributed by atoms with Gasteiger partial charge in [0.1, 0.15) is 5.71 Å². The fourth-order valence-corrected chi connectivity index (χ4v) is 2.77. The smallest absolute Gasteiger partial charge is 0.213 e. The van der Waals surface area contributed by atoms with Crippen molar-refractivity contribution in [3.05, 3.63) is 106 Å². The van der Waals surface area contributed by atoms with Crippen LogP contribution >= 0.6 is 23.2 Å². The highest BCUT2D eigenvalue weighted by Gasteiger charge is 2.16. The SMILES string of the molecule is O=C(/C(=N\N=C/c1ccc(Cl)cc1Cl)c1ccccc1)c1ccccc1. The second-order valence-electron chi connectivity index (χ2n) is 5.42. The molecule has 0 unspecified atom stereocenters. The molecule has 3 rings (SSSR count). The summed E-state index contributed by atoms with van der Waals surface area (Å²) in [5.41, 5.74) is 2.17. The molecular weight excluding hydrogens is 367 g/mol. The van der Waals surface area contributed by atoms with Crippen LogP contribution in [0.25, 0.3) is 0 Å². The number of hydrogen-bond donors (Lipinski definition) is 0. The van der Waals surface area contributed by atoms with Crippen LogP contribution in [-0.2, 0) is 0 Å². The first-order valence-electron chi connectivity index (χ1n) is 7.86. The zero-order chi connectivity index (χ0) is 18.4. The Labute approximate surface area is 161 Å². The van der Waals surface area contributed by atoms with Gasteiger partial charge in [0, 0.05) is 21.7 Å². The van der Waals surface area contributed by atoms with Crippen LogP contribution in [0.5, 0.6) is 0 Å². The monoisotopic (exact) mass is 380 g/mol. The van der Waals surface area contributed by atoms with E-state index in [-0.39, 0.29) is 11.5 Å². The van der Waals surface area contributed by atoms with E-state index in [0.29, 0.717) is 26.7 Å². The molecule has 0 aliphatic rings. The lowest BCUT2D eigenvalue weighted by Gasteiger charge is -2.04. The molecule has 0 heterocycles. The van der Waals surface area contributed by atoms with Crippen molar-refractivity contribution in [1.82, 2.24) is 0 Å². The molecule has 0 N–H and O–H groups in total. The molecule has 26 heavy (non-hydrogen) atoms. The van der Waals surface area contributed by atoms with Crippen molar-refractivity contribution in [2.75, 3.05) is 0 Å². The number of Topliss-reactive ketones (excluding diaryl/α,β-unsaturated/α-hetero) is 1. The molecule has 3 aromatic rings. The molecule has 3 nitrogen and oxygen atoms in total. The Bertz CT molecular complexity index is 968. The number of halogens is 2. The molecule has 0 amide bonds. The maximum Gasteiger partial charge on any atom is 0.213 e. The summed E-state index contributed by atoms with van der Waals surface area (Å²) in [6.07, 6.45) is 1.50. The lowest BCUT2D eigenvalue weighted by atomic mass is 10.0. The van der Waals surface area contributed by atoms with Gasteiger partial charge in [-0.3, -0.25) is 4.79 Å². The van der Waals surface area contributed by atoms with E-state index in [1.807, 2.05) is 48.5 Å². The molecule has 0 aliphatic heterocycles. The molecule has 0 radical (unpaired) electrons. The van der Waals surface area contributed by atoms with E-state index in [0.717, 1.165) is 0 Å². The molecule has 0 fully saturated rings. The lowest BCUT2D eigenvalue weighted by Crippen LogP contribution is -2.15. The van der Waals surface area contributed by atoms with Crippen LogP contribution in [0.4, 0.5) is 0 Å². The van der Waals surface area contributed by atoms with Gasteiger partial charge in [0.05, 0.1) is 11.2 Å². The van der Waals surface area contributed by atoms with Crippen LogP contribution in [0, 0.1) is 0 Å². The number of carbonyl (C=O) groups is 1. The fraction of sp³-hybridized carbons (Fsp3) is 0. The van der Waals surface area contributed by atoms with Crippen molar-refractivity contribution in [2.24, 2.45) is 10.2 Å². The fourth-order valence-electron chi connectivity index (χ4n) is 2.31. The minimum Gasteiger partial charge on any atom is -0.287 e. The molecule has 0 saturated heterocycles. The second kappa shape index (κ2) is 8.56. The van der Waals surface area contributed by atoms with E-state index < -0.39 is 0 Å². The van der Waals surface area contributed by atoms with E-state index in [4.69, 9.17) is 23.2 Å². The van der Waals surface area contributed by atoms with Gasteiger partial charge in [0.2, 0.25) is 5.78 Å². The van der Waals surface area contributed by atoms with Crippen LogP contribution < -0.4 is 0 Å². The van der Waals surface area contributed by atoms with Crippen molar-refractivity contribution in [1.29, 1.82) is 0 Å². The highest BCUT2D eigenvalue weighted by Crippen LogP contribution is 2.19. The predicted octanol–water partition coefficient (Wildman–Crippen LogP) is 5.70. The van der Waals surface area contributed by atoms with Gasteiger partial charge in [0.15, 0.2) is 0 Å². The van der Waals surface area contributed by atoms with Crippen LogP contribution in [0.3, 0.4) is 0 Å². The average Bonchev–Trinajstić information content (AvgIpc) is 2.67. The summed E-state index contributed by atoms with van der Waals surface area (Å²) in [7, 11) is 0. The van der Waals surface area contributed by atoms with E-state index in [2.05, 4.69) is 10.2 Å². The van der Waals surface area contributed by atoms with Crippen LogP contribution in [0.2, 0.25) is 10.0 Å². The van der Waals surface area contributed by atoms with Gasteiger partial charge >= 0.3 is 0 Å². The molecule has 0 bridgehead atoms. The van der Waals surface area contributed by atoms with Gasteiger partial charge in [-0.15, -0.1) is 5.10 Å². The lowest BCUT2D eigenvalue weighted by molar-refractivity contribution is 0.106. The normalized spacial score (nSPS) is 11.7. The Morgan fingerprint density at radius 3 is 2.04 bits per heavy atom. The van der Waals surface area contributed by atoms with Gasteiger partial charge in [-0.25, -0.2) is 0 Å². The molecule has 128 valence electrons. The summed E-state index contributed by atoms with van der Waals surface area (Å²) in [6, 6.07) is 23.3. The second-order valence-corrected chi connectivity index (χ2v) is 6.26. The summed E-state index contributed by atoms with van der Waals surface area (Å²) in [4.78, 5) is 12.9. The highest BCUT2D eigenvalue weighted by molar-refractivity contribution is 6.51. The highest BCUT2D eigenvalue weighted by atomic mass is 35.5. The quantitative estimate of drug-likeness (QED) is 0.318. The Balaban J connectivity index is 1.96. The molecule has 3 aromatic carbocycles. The van der Waals surface area contributed by atoms with Crippen LogP contribution in [0.1, 0.15) is 21.5 Å². The Kier molecular flexibility index (Phi) is 5.95. The summed E-state index contributed by atoms with van der Waals surface area (Å²) >= 11 is 12.0. The Hall–Kier alpha value is -2.75. The van der Waals surface area contributed by atoms with E-state index >= 15 is 0 Å². The van der Waals surface area contributed by atoms with E-state index in [9.17, 15) is 4.79 Å².